The minimum Gasteiger partial charge on any atom is -0.314 e. The molecule has 112 valence electrons. The maximum Gasteiger partial charge on any atom is 0.137 e. The van der Waals surface area contributed by atoms with E-state index in [4.69, 9.17) is 0 Å². The Balaban J connectivity index is 2.07. The van der Waals surface area contributed by atoms with Crippen molar-refractivity contribution in [2.75, 3.05) is 6.54 Å². The molecule has 1 aromatic carbocycles. The highest BCUT2D eigenvalue weighted by Crippen LogP contribution is 2.36. The molecule has 20 heavy (non-hydrogen) atoms. The molecular formula is C17H25BrFN. The van der Waals surface area contributed by atoms with E-state index < -0.39 is 0 Å². The summed E-state index contributed by atoms with van der Waals surface area (Å²) >= 11 is 3.39. The minimum atomic E-state index is -0.157. The summed E-state index contributed by atoms with van der Waals surface area (Å²) in [6.07, 6.45) is 6.18. The van der Waals surface area contributed by atoms with Crippen molar-refractivity contribution in [2.24, 2.45) is 11.8 Å². The van der Waals surface area contributed by atoms with Crippen molar-refractivity contribution in [3.05, 3.63) is 34.1 Å². The van der Waals surface area contributed by atoms with Gasteiger partial charge in [-0.05, 0) is 65.2 Å². The summed E-state index contributed by atoms with van der Waals surface area (Å²) in [6, 6.07) is 5.82. The van der Waals surface area contributed by atoms with Gasteiger partial charge in [0.2, 0.25) is 0 Å². The first-order valence-electron chi connectivity index (χ1n) is 7.81. The largest absolute Gasteiger partial charge is 0.314 e. The zero-order valence-electron chi connectivity index (χ0n) is 12.5. The summed E-state index contributed by atoms with van der Waals surface area (Å²) in [5, 5.41) is 3.62. The molecule has 3 unspecified atom stereocenters. The van der Waals surface area contributed by atoms with Gasteiger partial charge in [0, 0.05) is 6.04 Å². The van der Waals surface area contributed by atoms with E-state index in [1.165, 1.54) is 31.7 Å². The minimum absolute atomic E-state index is 0.157. The first-order chi connectivity index (χ1) is 9.65. The highest BCUT2D eigenvalue weighted by Gasteiger charge is 2.30. The fraction of sp³-hybridized carbons (Fsp3) is 0.647. The molecule has 3 atom stereocenters. The lowest BCUT2D eigenvalue weighted by atomic mass is 9.91. The van der Waals surface area contributed by atoms with Gasteiger partial charge in [-0.15, -0.1) is 0 Å². The molecule has 1 saturated carbocycles. The number of likely N-dealkylation sites (N-methyl/N-ethyl adjacent to an activating group) is 1. The number of rotatable bonds is 6. The van der Waals surface area contributed by atoms with Gasteiger partial charge in [-0.2, -0.15) is 0 Å². The highest BCUT2D eigenvalue weighted by molar-refractivity contribution is 9.10. The van der Waals surface area contributed by atoms with Gasteiger partial charge < -0.3 is 5.32 Å². The van der Waals surface area contributed by atoms with Gasteiger partial charge in [0.25, 0.3) is 0 Å². The van der Waals surface area contributed by atoms with Crippen LogP contribution in [0.2, 0.25) is 0 Å². The number of hydrogen-bond donors (Lipinski definition) is 1. The normalized spacial score (nSPS) is 24.0. The topological polar surface area (TPSA) is 12.0 Å². The van der Waals surface area contributed by atoms with E-state index in [0.29, 0.717) is 10.5 Å². The smallest absolute Gasteiger partial charge is 0.137 e. The molecule has 0 aliphatic heterocycles. The van der Waals surface area contributed by atoms with Gasteiger partial charge in [0.05, 0.1) is 4.47 Å². The maximum absolute atomic E-state index is 13.6. The predicted molar refractivity (Wildman–Crippen MR) is 86.4 cm³/mol. The van der Waals surface area contributed by atoms with Gasteiger partial charge in [-0.1, -0.05) is 38.8 Å². The number of nitrogens with one attached hydrogen (secondary N) is 1. The Kier molecular flexibility index (Phi) is 6.03. The predicted octanol–water partition coefficient (Wildman–Crippen LogP) is 4.94. The van der Waals surface area contributed by atoms with E-state index in [-0.39, 0.29) is 5.82 Å². The molecular weight excluding hydrogens is 317 g/mol. The summed E-state index contributed by atoms with van der Waals surface area (Å²) in [5.41, 5.74) is 1.08. The van der Waals surface area contributed by atoms with E-state index in [1.807, 2.05) is 12.1 Å². The van der Waals surface area contributed by atoms with Gasteiger partial charge in [0.15, 0.2) is 0 Å². The van der Waals surface area contributed by atoms with E-state index in [9.17, 15) is 4.39 Å². The number of benzene rings is 1. The number of halogens is 2. The lowest BCUT2D eigenvalue weighted by Crippen LogP contribution is -2.37. The van der Waals surface area contributed by atoms with Crippen molar-refractivity contribution in [1.82, 2.24) is 5.32 Å². The fourth-order valence-electron chi connectivity index (χ4n) is 3.46. The summed E-state index contributed by atoms with van der Waals surface area (Å²) < 4.78 is 14.3. The van der Waals surface area contributed by atoms with Crippen molar-refractivity contribution < 1.29 is 4.39 Å². The summed E-state index contributed by atoms with van der Waals surface area (Å²) in [5.74, 6) is 1.46. The Bertz CT molecular complexity index is 435. The van der Waals surface area contributed by atoms with Gasteiger partial charge >= 0.3 is 0 Å². The van der Waals surface area contributed by atoms with Crippen LogP contribution in [0.3, 0.4) is 0 Å². The Hall–Kier alpha value is -0.410. The van der Waals surface area contributed by atoms with Crippen LogP contribution < -0.4 is 5.32 Å². The second-order valence-corrected chi connectivity index (χ2v) is 6.72. The standard InChI is InChI=1S/C17H25BrFN/c1-3-12-8-9-13(10-12)16(20-4-2)11-14-6-5-7-15(19)17(14)18/h5-7,12-13,16,20H,3-4,8-11H2,1-2H3. The molecule has 1 nitrogen and oxygen atoms in total. The fourth-order valence-corrected chi connectivity index (χ4v) is 3.89. The Morgan fingerprint density at radius 3 is 2.80 bits per heavy atom. The van der Waals surface area contributed by atoms with Gasteiger partial charge in [-0.3, -0.25) is 0 Å². The Labute approximate surface area is 130 Å². The first-order valence-corrected chi connectivity index (χ1v) is 8.61. The third kappa shape index (κ3) is 3.82. The van der Waals surface area contributed by atoms with E-state index >= 15 is 0 Å². The van der Waals surface area contributed by atoms with Crippen LogP contribution in [0.25, 0.3) is 0 Å². The van der Waals surface area contributed by atoms with Crippen LogP contribution in [0.4, 0.5) is 4.39 Å². The maximum atomic E-state index is 13.6. The highest BCUT2D eigenvalue weighted by atomic mass is 79.9. The molecule has 1 N–H and O–H groups in total. The molecule has 1 aromatic rings. The second-order valence-electron chi connectivity index (χ2n) is 5.93. The molecule has 0 saturated heterocycles. The number of hydrogen-bond acceptors (Lipinski definition) is 1. The average molecular weight is 342 g/mol. The monoisotopic (exact) mass is 341 g/mol. The first kappa shape index (κ1) is 16.0. The van der Waals surface area contributed by atoms with Crippen molar-refractivity contribution in [2.45, 2.75) is 52.0 Å². The van der Waals surface area contributed by atoms with Crippen LogP contribution in [0.5, 0.6) is 0 Å². The Morgan fingerprint density at radius 1 is 1.35 bits per heavy atom. The molecule has 0 aromatic heterocycles. The summed E-state index contributed by atoms with van der Waals surface area (Å²) in [6.45, 7) is 5.42. The zero-order valence-corrected chi connectivity index (χ0v) is 14.0. The van der Waals surface area contributed by atoms with Crippen molar-refractivity contribution in [1.29, 1.82) is 0 Å². The van der Waals surface area contributed by atoms with E-state index in [1.54, 1.807) is 0 Å². The summed E-state index contributed by atoms with van der Waals surface area (Å²) in [7, 11) is 0. The van der Waals surface area contributed by atoms with Crippen LogP contribution in [0.1, 0.15) is 45.1 Å². The van der Waals surface area contributed by atoms with Crippen molar-refractivity contribution >= 4 is 15.9 Å². The molecule has 3 heteroatoms. The molecule has 1 fully saturated rings. The summed E-state index contributed by atoms with van der Waals surface area (Å²) in [4.78, 5) is 0. The molecule has 0 bridgehead atoms. The van der Waals surface area contributed by atoms with Gasteiger partial charge in [0.1, 0.15) is 5.82 Å². The van der Waals surface area contributed by atoms with Crippen LogP contribution in [-0.4, -0.2) is 12.6 Å². The lowest BCUT2D eigenvalue weighted by Gasteiger charge is -2.25. The molecule has 0 heterocycles. The van der Waals surface area contributed by atoms with Crippen LogP contribution in [-0.2, 0) is 6.42 Å². The molecule has 0 amide bonds. The van der Waals surface area contributed by atoms with Crippen LogP contribution in [0, 0.1) is 17.7 Å². The Morgan fingerprint density at radius 2 is 2.15 bits per heavy atom. The molecule has 1 aliphatic rings. The van der Waals surface area contributed by atoms with Crippen molar-refractivity contribution in [3.63, 3.8) is 0 Å². The zero-order chi connectivity index (χ0) is 14.5. The van der Waals surface area contributed by atoms with E-state index in [2.05, 4.69) is 35.1 Å². The molecule has 0 spiro atoms. The lowest BCUT2D eigenvalue weighted by molar-refractivity contribution is 0.348. The van der Waals surface area contributed by atoms with Crippen LogP contribution in [0.15, 0.2) is 22.7 Å². The second kappa shape index (κ2) is 7.56. The quantitative estimate of drug-likeness (QED) is 0.772. The van der Waals surface area contributed by atoms with Crippen LogP contribution >= 0.6 is 15.9 Å². The SMILES string of the molecule is CCNC(Cc1cccc(F)c1Br)C1CCC(CC)C1. The van der Waals surface area contributed by atoms with E-state index in [0.717, 1.165) is 30.4 Å². The van der Waals surface area contributed by atoms with Gasteiger partial charge in [-0.25, -0.2) is 4.39 Å². The average Bonchev–Trinajstić information content (AvgIpc) is 2.92. The third-order valence-corrected chi connectivity index (χ3v) is 5.55. The molecule has 0 radical (unpaired) electrons. The molecule has 2 rings (SSSR count). The van der Waals surface area contributed by atoms with Crippen molar-refractivity contribution in [3.8, 4) is 0 Å². The molecule has 1 aliphatic carbocycles. The third-order valence-electron chi connectivity index (χ3n) is 4.67.